The van der Waals surface area contributed by atoms with Crippen molar-refractivity contribution in [3.8, 4) is 0 Å². The van der Waals surface area contributed by atoms with Crippen molar-refractivity contribution in [2.45, 2.75) is 231 Å². The lowest BCUT2D eigenvalue weighted by atomic mass is 10.00. The average Bonchev–Trinajstić information content (AvgIpc) is 3.11. The molecule has 13 heteroatoms. The lowest BCUT2D eigenvalue weighted by Gasteiger charge is -2.40. The van der Waals surface area contributed by atoms with E-state index in [1.165, 1.54) is 116 Å². The molecule has 0 saturated carbocycles. The predicted octanol–water partition coefficient (Wildman–Crippen LogP) is 8.07. The lowest BCUT2D eigenvalue weighted by molar-refractivity contribution is -0.303. The topological polar surface area (TPSA) is 186 Å². The molecule has 53 heavy (non-hydrogen) atoms. The van der Waals surface area contributed by atoms with E-state index in [0.717, 1.165) is 38.5 Å². The van der Waals surface area contributed by atoms with Gasteiger partial charge < -0.3 is 34.3 Å². The van der Waals surface area contributed by atoms with Crippen LogP contribution in [-0.2, 0) is 38.7 Å². The fourth-order valence-electron chi connectivity index (χ4n) is 6.65. The van der Waals surface area contributed by atoms with E-state index < -0.39 is 71.4 Å². The van der Waals surface area contributed by atoms with E-state index in [-0.39, 0.29) is 12.8 Å². The van der Waals surface area contributed by atoms with E-state index in [0.29, 0.717) is 12.8 Å². The highest BCUT2D eigenvalue weighted by molar-refractivity contribution is 7.85. The van der Waals surface area contributed by atoms with Gasteiger partial charge in [0.2, 0.25) is 0 Å². The Morgan fingerprint density at radius 1 is 0.547 bits per heavy atom. The molecule has 0 aromatic heterocycles. The molecule has 0 radical (unpaired) electrons. The van der Waals surface area contributed by atoms with Gasteiger partial charge >= 0.3 is 11.9 Å². The molecule has 0 bridgehead atoms. The van der Waals surface area contributed by atoms with Crippen molar-refractivity contribution in [2.75, 3.05) is 12.4 Å². The minimum Gasteiger partial charge on any atom is -0.423 e. The number of hydrogen-bond donors (Lipinski definition) is 4. The Hall–Kier alpha value is -1.35. The average molecular weight is 781 g/mol. The summed E-state index contributed by atoms with van der Waals surface area (Å²) < 4.78 is 53.7. The summed E-state index contributed by atoms with van der Waals surface area (Å²) in [5.74, 6) is -2.22. The van der Waals surface area contributed by atoms with Crippen molar-refractivity contribution >= 4 is 22.1 Å². The van der Waals surface area contributed by atoms with Crippen molar-refractivity contribution in [3.63, 3.8) is 0 Å². The number of aliphatic hydroxyl groups is 3. The number of carbonyl (C=O) groups excluding carboxylic acids is 2. The van der Waals surface area contributed by atoms with Crippen molar-refractivity contribution in [1.29, 1.82) is 0 Å². The monoisotopic (exact) mass is 781 g/mol. The van der Waals surface area contributed by atoms with Gasteiger partial charge in [-0.2, -0.15) is 8.42 Å². The van der Waals surface area contributed by atoms with E-state index in [4.69, 9.17) is 18.9 Å². The molecule has 1 aliphatic heterocycles. The first-order valence-electron chi connectivity index (χ1n) is 21.1. The maximum absolute atomic E-state index is 12.7. The van der Waals surface area contributed by atoms with Gasteiger partial charge in [-0.15, -0.1) is 0 Å². The Balaban J connectivity index is 2.48. The minimum atomic E-state index is -4.61. The maximum atomic E-state index is 12.7. The number of esters is 2. The van der Waals surface area contributed by atoms with Crippen LogP contribution in [0.1, 0.15) is 194 Å². The van der Waals surface area contributed by atoms with Crippen molar-refractivity contribution in [1.82, 2.24) is 0 Å². The van der Waals surface area contributed by atoms with Crippen LogP contribution in [0, 0.1) is 0 Å². The molecular weight excluding hydrogens is 704 g/mol. The van der Waals surface area contributed by atoms with E-state index in [1.807, 2.05) is 0 Å². The summed E-state index contributed by atoms with van der Waals surface area (Å²) in [5.41, 5.74) is 0. The van der Waals surface area contributed by atoms with Crippen LogP contribution in [0.15, 0.2) is 0 Å². The number of carbonyl (C=O) groups is 2. The third-order valence-corrected chi connectivity index (χ3v) is 10.7. The summed E-state index contributed by atoms with van der Waals surface area (Å²) in [6.45, 7) is 3.89. The lowest BCUT2D eigenvalue weighted by Crippen LogP contribution is -2.60. The van der Waals surface area contributed by atoms with Crippen LogP contribution < -0.4 is 0 Å². The molecule has 1 rings (SSSR count). The van der Waals surface area contributed by atoms with Crippen LogP contribution in [0.2, 0.25) is 0 Å². The third kappa shape index (κ3) is 27.0. The molecule has 1 aliphatic rings. The molecule has 0 aromatic carbocycles. The maximum Gasteiger partial charge on any atom is 0.308 e. The summed E-state index contributed by atoms with van der Waals surface area (Å²) in [6.07, 6.45) is 20.3. The van der Waals surface area contributed by atoms with E-state index in [9.17, 15) is 37.9 Å². The van der Waals surface area contributed by atoms with Crippen LogP contribution in [0.5, 0.6) is 0 Å². The van der Waals surface area contributed by atoms with Gasteiger partial charge in [0.1, 0.15) is 36.8 Å². The Labute approximate surface area is 321 Å². The van der Waals surface area contributed by atoms with Gasteiger partial charge in [0.25, 0.3) is 16.4 Å². The molecule has 4 N–H and O–H groups in total. The van der Waals surface area contributed by atoms with Crippen LogP contribution in [-0.4, -0.2) is 89.6 Å². The minimum absolute atomic E-state index is 0.120. The van der Waals surface area contributed by atoms with E-state index in [1.54, 1.807) is 0 Å². The summed E-state index contributed by atoms with van der Waals surface area (Å²) in [7, 11) is -4.61. The fourth-order valence-corrected chi connectivity index (χ4v) is 7.34. The highest BCUT2D eigenvalue weighted by Gasteiger charge is 2.46. The van der Waals surface area contributed by atoms with Gasteiger partial charge in [-0.1, -0.05) is 168 Å². The standard InChI is InChI=1S/C40H76O12S/c1-3-5-7-9-11-13-15-17-19-21-23-25-27-29-34(41)51-36(31-49-40-39(45)38(44)37(43)33(50-40)32-53(46,47)48)52-35(42)30-28-26-24-22-20-18-16-14-12-10-8-6-4-2/h33,36-40,43-45H,3-32H2,1-2H3,(H,46,47,48)/t33-,37-,38+,39-,40+/m1/s1. The Morgan fingerprint density at radius 2 is 0.887 bits per heavy atom. The first-order chi connectivity index (χ1) is 25.5. The fraction of sp³-hybridized carbons (Fsp3) is 0.950. The predicted molar refractivity (Wildman–Crippen MR) is 206 cm³/mol. The second kappa shape index (κ2) is 31.8. The van der Waals surface area contributed by atoms with E-state index >= 15 is 0 Å². The van der Waals surface area contributed by atoms with Crippen molar-refractivity contribution in [2.24, 2.45) is 0 Å². The highest BCUT2D eigenvalue weighted by Crippen LogP contribution is 2.24. The van der Waals surface area contributed by atoms with Crippen LogP contribution in [0.3, 0.4) is 0 Å². The second-order valence-corrected chi connectivity index (χ2v) is 16.5. The normalized spacial score (nSPS) is 20.5. The quantitative estimate of drug-likeness (QED) is 0.0210. The number of rotatable bonds is 35. The largest absolute Gasteiger partial charge is 0.423 e. The Bertz CT molecular complexity index is 966. The first kappa shape index (κ1) is 49.7. The molecule has 5 atom stereocenters. The number of aliphatic hydroxyl groups excluding tert-OH is 3. The van der Waals surface area contributed by atoms with Crippen LogP contribution in [0.4, 0.5) is 0 Å². The Morgan fingerprint density at radius 3 is 1.23 bits per heavy atom. The van der Waals surface area contributed by atoms with Gasteiger partial charge in [-0.25, -0.2) is 0 Å². The molecule has 0 spiro atoms. The molecule has 0 aromatic rings. The van der Waals surface area contributed by atoms with Gasteiger partial charge in [0.05, 0.1) is 0 Å². The molecule has 1 saturated heterocycles. The molecule has 0 amide bonds. The zero-order valence-corrected chi connectivity index (χ0v) is 34.0. The highest BCUT2D eigenvalue weighted by atomic mass is 32.2. The van der Waals surface area contributed by atoms with Crippen molar-refractivity contribution < 1.29 is 56.8 Å². The Kier molecular flexibility index (Phi) is 29.8. The van der Waals surface area contributed by atoms with Gasteiger partial charge in [0.15, 0.2) is 6.29 Å². The zero-order valence-electron chi connectivity index (χ0n) is 33.1. The molecule has 314 valence electrons. The summed E-state index contributed by atoms with van der Waals surface area (Å²) in [6, 6.07) is 0. The SMILES string of the molecule is CCCCCCCCCCCCCCCC(=O)OC(CO[C@H]1O[C@H](CS(=O)(=O)O)[C@@H](O)[C@H](O)[C@H]1O)OC(=O)CCCCCCCCCCCCCCC. The molecule has 1 heterocycles. The van der Waals surface area contributed by atoms with Crippen molar-refractivity contribution in [3.05, 3.63) is 0 Å². The van der Waals surface area contributed by atoms with E-state index in [2.05, 4.69) is 13.8 Å². The zero-order chi connectivity index (χ0) is 39.2. The number of ether oxygens (including phenoxy) is 4. The summed E-state index contributed by atoms with van der Waals surface area (Å²) in [5, 5.41) is 30.8. The van der Waals surface area contributed by atoms with Crippen LogP contribution in [0.25, 0.3) is 0 Å². The molecular formula is C40H76O12S. The second-order valence-electron chi connectivity index (χ2n) is 15.0. The van der Waals surface area contributed by atoms with Gasteiger partial charge in [0, 0.05) is 12.8 Å². The van der Waals surface area contributed by atoms with Gasteiger partial charge in [-0.3, -0.25) is 14.1 Å². The van der Waals surface area contributed by atoms with Gasteiger partial charge in [-0.05, 0) is 12.8 Å². The molecule has 12 nitrogen and oxygen atoms in total. The number of hydrogen-bond acceptors (Lipinski definition) is 11. The molecule has 1 fully saturated rings. The third-order valence-electron chi connectivity index (χ3n) is 9.93. The summed E-state index contributed by atoms with van der Waals surface area (Å²) in [4.78, 5) is 25.4. The van der Waals surface area contributed by atoms with Crippen LogP contribution >= 0.6 is 0 Å². The number of unbranched alkanes of at least 4 members (excludes halogenated alkanes) is 24. The molecule has 0 aliphatic carbocycles. The first-order valence-corrected chi connectivity index (χ1v) is 22.7. The molecule has 0 unspecified atom stereocenters. The summed E-state index contributed by atoms with van der Waals surface area (Å²) >= 11 is 0. The smallest absolute Gasteiger partial charge is 0.308 e.